The first kappa shape index (κ1) is 16.7. The van der Waals surface area contributed by atoms with Gasteiger partial charge in [-0.25, -0.2) is 13.1 Å². The molecule has 0 atom stereocenters. The highest BCUT2D eigenvalue weighted by atomic mass is 32.2. The van der Waals surface area contributed by atoms with Gasteiger partial charge in [0.1, 0.15) is 6.61 Å². The van der Waals surface area contributed by atoms with Gasteiger partial charge >= 0.3 is 0 Å². The van der Waals surface area contributed by atoms with E-state index in [-0.39, 0.29) is 25.5 Å². The highest BCUT2D eigenvalue weighted by molar-refractivity contribution is 7.89. The molecular formula is C14H19NO4S. The fourth-order valence-corrected chi connectivity index (χ4v) is 2.35. The van der Waals surface area contributed by atoms with Crippen molar-refractivity contribution >= 4 is 10.0 Å². The molecule has 0 radical (unpaired) electrons. The average Bonchev–Trinajstić information content (AvgIpc) is 2.44. The number of hydrogen-bond donors (Lipinski definition) is 2. The third-order valence-corrected chi connectivity index (χ3v) is 3.72. The van der Waals surface area contributed by atoms with Crippen molar-refractivity contribution in [3.63, 3.8) is 0 Å². The number of benzene rings is 1. The summed E-state index contributed by atoms with van der Waals surface area (Å²) in [5, 5.41) is 8.63. The van der Waals surface area contributed by atoms with Crippen molar-refractivity contribution in [3.05, 3.63) is 35.4 Å². The Bertz CT molecular complexity index is 572. The Hall–Kier alpha value is -1.39. The molecule has 20 heavy (non-hydrogen) atoms. The summed E-state index contributed by atoms with van der Waals surface area (Å²) in [7, 11) is -3.33. The van der Waals surface area contributed by atoms with Crippen LogP contribution in [-0.4, -0.2) is 39.1 Å². The van der Waals surface area contributed by atoms with Crippen molar-refractivity contribution in [1.82, 2.24) is 4.72 Å². The van der Waals surface area contributed by atoms with Crippen LogP contribution in [-0.2, 0) is 21.3 Å². The van der Waals surface area contributed by atoms with Gasteiger partial charge in [-0.2, -0.15) is 0 Å². The van der Waals surface area contributed by atoms with E-state index in [9.17, 15) is 8.42 Å². The molecule has 0 aliphatic rings. The summed E-state index contributed by atoms with van der Waals surface area (Å²) in [5.74, 6) is 5.27. The minimum atomic E-state index is -3.33. The fraction of sp³-hybridized carbons (Fsp3) is 0.429. The zero-order valence-corrected chi connectivity index (χ0v) is 12.2. The minimum Gasteiger partial charge on any atom is -0.384 e. The SMILES string of the molecule is CCOCCS(=O)(=O)NCc1cccc(C#CCO)c1. The Kier molecular flexibility index (Phi) is 7.26. The summed E-state index contributed by atoms with van der Waals surface area (Å²) in [6, 6.07) is 7.20. The number of hydrogen-bond acceptors (Lipinski definition) is 4. The van der Waals surface area contributed by atoms with Gasteiger partial charge in [0.05, 0.1) is 12.4 Å². The zero-order chi connectivity index (χ0) is 14.8. The molecule has 2 N–H and O–H groups in total. The van der Waals surface area contributed by atoms with E-state index in [0.717, 1.165) is 11.1 Å². The van der Waals surface area contributed by atoms with Crippen molar-refractivity contribution < 1.29 is 18.3 Å². The lowest BCUT2D eigenvalue weighted by Crippen LogP contribution is -2.28. The van der Waals surface area contributed by atoms with Crippen LogP contribution in [0.1, 0.15) is 18.1 Å². The number of rotatable bonds is 7. The molecule has 0 fully saturated rings. The standard InChI is InChI=1S/C14H19NO4S/c1-2-19-9-10-20(17,18)15-12-14-6-3-5-13(11-14)7-4-8-16/h3,5-6,11,15-16H,2,8-10,12H2,1H3. The van der Waals surface area contributed by atoms with Gasteiger partial charge in [0, 0.05) is 18.7 Å². The predicted molar refractivity (Wildman–Crippen MR) is 77.5 cm³/mol. The van der Waals surface area contributed by atoms with E-state index in [1.165, 1.54) is 0 Å². The minimum absolute atomic E-state index is 0.0507. The van der Waals surface area contributed by atoms with E-state index >= 15 is 0 Å². The first-order chi connectivity index (χ1) is 9.57. The molecule has 1 aromatic carbocycles. The Labute approximate surface area is 120 Å². The summed E-state index contributed by atoms with van der Waals surface area (Å²) >= 11 is 0. The van der Waals surface area contributed by atoms with Crippen LogP contribution in [0.3, 0.4) is 0 Å². The number of aliphatic hydroxyl groups is 1. The van der Waals surface area contributed by atoms with Gasteiger partial charge in [-0.3, -0.25) is 0 Å². The van der Waals surface area contributed by atoms with Crippen molar-refractivity contribution in [2.75, 3.05) is 25.6 Å². The first-order valence-corrected chi connectivity index (χ1v) is 7.96. The molecule has 1 rings (SSSR count). The number of ether oxygens (including phenoxy) is 1. The maximum Gasteiger partial charge on any atom is 0.214 e. The molecule has 0 aliphatic carbocycles. The van der Waals surface area contributed by atoms with E-state index < -0.39 is 10.0 Å². The van der Waals surface area contributed by atoms with Gasteiger partial charge in [-0.1, -0.05) is 24.0 Å². The molecular weight excluding hydrogens is 278 g/mol. The van der Waals surface area contributed by atoms with Gasteiger partial charge in [0.15, 0.2) is 0 Å². The van der Waals surface area contributed by atoms with Crippen molar-refractivity contribution in [1.29, 1.82) is 0 Å². The maximum atomic E-state index is 11.7. The fourth-order valence-electron chi connectivity index (χ4n) is 1.48. The largest absolute Gasteiger partial charge is 0.384 e. The highest BCUT2D eigenvalue weighted by Crippen LogP contribution is 2.04. The molecule has 5 nitrogen and oxygen atoms in total. The summed E-state index contributed by atoms with van der Waals surface area (Å²) in [6.45, 7) is 2.52. The van der Waals surface area contributed by atoms with Gasteiger partial charge in [0.2, 0.25) is 10.0 Å². The Morgan fingerprint density at radius 2 is 2.20 bits per heavy atom. The van der Waals surface area contributed by atoms with Crippen molar-refractivity contribution in [3.8, 4) is 11.8 Å². The van der Waals surface area contributed by atoms with Crippen molar-refractivity contribution in [2.24, 2.45) is 0 Å². The van der Waals surface area contributed by atoms with Crippen molar-refractivity contribution in [2.45, 2.75) is 13.5 Å². The van der Waals surface area contributed by atoms with Gasteiger partial charge in [-0.05, 0) is 24.6 Å². The molecule has 0 bridgehead atoms. The number of nitrogens with one attached hydrogen (secondary N) is 1. The van der Waals surface area contributed by atoms with Crippen LogP contribution in [0.4, 0.5) is 0 Å². The molecule has 6 heteroatoms. The number of aliphatic hydroxyl groups excluding tert-OH is 1. The topological polar surface area (TPSA) is 75.6 Å². The van der Waals surface area contributed by atoms with Crippen LogP contribution in [0, 0.1) is 11.8 Å². The molecule has 0 unspecified atom stereocenters. The van der Waals surface area contributed by atoms with E-state index in [2.05, 4.69) is 16.6 Å². The van der Waals surface area contributed by atoms with Gasteiger partial charge in [0.25, 0.3) is 0 Å². The van der Waals surface area contributed by atoms with Gasteiger partial charge < -0.3 is 9.84 Å². The van der Waals surface area contributed by atoms with E-state index in [4.69, 9.17) is 9.84 Å². The van der Waals surface area contributed by atoms with E-state index in [1.54, 1.807) is 18.2 Å². The molecule has 0 saturated carbocycles. The molecule has 0 heterocycles. The second-order valence-electron chi connectivity index (χ2n) is 4.00. The summed E-state index contributed by atoms with van der Waals surface area (Å²) in [6.07, 6.45) is 0. The van der Waals surface area contributed by atoms with Crippen LogP contribution >= 0.6 is 0 Å². The Balaban J connectivity index is 2.56. The molecule has 0 amide bonds. The quantitative estimate of drug-likeness (QED) is 0.567. The van der Waals surface area contributed by atoms with Crippen LogP contribution in [0.5, 0.6) is 0 Å². The smallest absolute Gasteiger partial charge is 0.214 e. The maximum absolute atomic E-state index is 11.7. The number of sulfonamides is 1. The molecule has 0 saturated heterocycles. The van der Waals surface area contributed by atoms with Crippen LogP contribution in [0.25, 0.3) is 0 Å². The lowest BCUT2D eigenvalue weighted by molar-refractivity contribution is 0.163. The lowest BCUT2D eigenvalue weighted by atomic mass is 10.1. The van der Waals surface area contributed by atoms with E-state index in [0.29, 0.717) is 6.61 Å². The summed E-state index contributed by atoms with van der Waals surface area (Å²) in [4.78, 5) is 0. The highest BCUT2D eigenvalue weighted by Gasteiger charge is 2.09. The Morgan fingerprint density at radius 3 is 2.90 bits per heavy atom. The van der Waals surface area contributed by atoms with Crippen LogP contribution in [0.15, 0.2) is 24.3 Å². The third-order valence-electron chi connectivity index (χ3n) is 2.44. The summed E-state index contributed by atoms with van der Waals surface area (Å²) in [5.41, 5.74) is 1.56. The lowest BCUT2D eigenvalue weighted by Gasteiger charge is -2.07. The second kappa shape index (κ2) is 8.72. The molecule has 0 aliphatic heterocycles. The Morgan fingerprint density at radius 1 is 1.40 bits per heavy atom. The van der Waals surface area contributed by atoms with Crippen LogP contribution < -0.4 is 4.72 Å². The molecule has 1 aromatic rings. The molecule has 0 aromatic heterocycles. The zero-order valence-electron chi connectivity index (χ0n) is 11.4. The predicted octanol–water partition coefficient (Wildman–Crippen LogP) is 0.486. The first-order valence-electron chi connectivity index (χ1n) is 6.31. The third kappa shape index (κ3) is 6.68. The monoisotopic (exact) mass is 297 g/mol. The van der Waals surface area contributed by atoms with Crippen LogP contribution in [0.2, 0.25) is 0 Å². The van der Waals surface area contributed by atoms with E-state index in [1.807, 2.05) is 13.0 Å². The molecule has 0 spiro atoms. The second-order valence-corrected chi connectivity index (χ2v) is 5.92. The average molecular weight is 297 g/mol. The molecule has 110 valence electrons. The summed E-state index contributed by atoms with van der Waals surface area (Å²) < 4.78 is 30.9. The normalized spacial score (nSPS) is 10.9. The van der Waals surface area contributed by atoms with Gasteiger partial charge in [-0.15, -0.1) is 0 Å².